The second-order valence-corrected chi connectivity index (χ2v) is 32.8. The number of rotatable bonds is 13. The normalized spacial score (nSPS) is 33.8. The van der Waals surface area contributed by atoms with Crippen molar-refractivity contribution in [3.63, 3.8) is 0 Å². The van der Waals surface area contributed by atoms with Crippen LogP contribution >= 0.6 is 0 Å². The van der Waals surface area contributed by atoms with Crippen LogP contribution in [0.1, 0.15) is 175 Å². The Morgan fingerprint density at radius 2 is 1.31 bits per heavy atom. The first-order chi connectivity index (χ1) is 51.6. The Balaban J connectivity index is 1.11. The third kappa shape index (κ3) is 20.6. The summed E-state index contributed by atoms with van der Waals surface area (Å²) in [7, 11) is 8.35. The molecule has 0 radical (unpaired) electrons. The largest absolute Gasteiger partial charge is 0.397 e. The monoisotopic (exact) mass is 1550 g/mol. The molecule has 4 aliphatic heterocycles. The van der Waals surface area contributed by atoms with Crippen LogP contribution in [0.5, 0.6) is 0 Å². The maximum Gasteiger partial charge on any atom is 0.397 e. The van der Waals surface area contributed by atoms with Crippen molar-refractivity contribution in [1.82, 2.24) is 60.0 Å². The van der Waals surface area contributed by atoms with E-state index < -0.39 is 218 Å². The van der Waals surface area contributed by atoms with E-state index in [0.717, 1.165) is 27.5 Å². The number of morpholine rings is 1. The van der Waals surface area contributed by atoms with Crippen molar-refractivity contribution >= 4 is 70.9 Å². The summed E-state index contributed by atoms with van der Waals surface area (Å²) in [6.07, 6.45) is -5.84. The maximum atomic E-state index is 15.8. The molecule has 9 rings (SSSR count). The first-order valence-electron chi connectivity index (χ1n) is 39.8. The summed E-state index contributed by atoms with van der Waals surface area (Å²) in [5, 5.41) is 8.60. The lowest BCUT2D eigenvalue weighted by Crippen LogP contribution is -2.68. The van der Waals surface area contributed by atoms with Crippen LogP contribution in [-0.4, -0.2) is 301 Å². The summed E-state index contributed by atoms with van der Waals surface area (Å²) >= 11 is 0. The van der Waals surface area contributed by atoms with Gasteiger partial charge >= 0.3 is 6.18 Å². The highest BCUT2D eigenvalue weighted by Gasteiger charge is 2.56. The summed E-state index contributed by atoms with van der Waals surface area (Å²) in [5.74, 6) is -14.2. The van der Waals surface area contributed by atoms with Gasteiger partial charge in [0.1, 0.15) is 78.3 Å². The molecular formula is C77H118F6N12O14. The van der Waals surface area contributed by atoms with Gasteiger partial charge in [-0.15, -0.1) is 0 Å². The summed E-state index contributed by atoms with van der Waals surface area (Å²) in [6, 6.07) is -10.9. The van der Waals surface area contributed by atoms with Crippen LogP contribution in [0.25, 0.3) is 0 Å². The fraction of sp³-hybridized carbons (Fsp3) is 0.818. The maximum absolute atomic E-state index is 15.8. The Hall–Kier alpha value is -7.12. The summed E-state index contributed by atoms with van der Waals surface area (Å²) in [4.78, 5) is 194. The van der Waals surface area contributed by atoms with Gasteiger partial charge in [-0.3, -0.25) is 57.5 Å². The van der Waals surface area contributed by atoms with Gasteiger partial charge in [0.25, 0.3) is 0 Å². The van der Waals surface area contributed by atoms with Crippen molar-refractivity contribution in [2.75, 3.05) is 101 Å². The lowest BCUT2D eigenvalue weighted by Gasteiger charge is -2.47. The average molecular weight is 1550 g/mol. The average Bonchev–Trinajstić information content (AvgIpc) is 1.66. The minimum Gasteiger partial charge on any atom is -0.378 e. The first-order valence-corrected chi connectivity index (χ1v) is 39.8. The van der Waals surface area contributed by atoms with Crippen molar-refractivity contribution in [3.05, 3.63) is 12.2 Å². The molecule has 26 nitrogen and oxygen atoms in total. The lowest BCUT2D eigenvalue weighted by atomic mass is 9.74. The highest BCUT2D eigenvalue weighted by Crippen LogP contribution is 2.45. The van der Waals surface area contributed by atoms with E-state index in [4.69, 9.17) is 9.47 Å². The van der Waals surface area contributed by atoms with Crippen LogP contribution in [0, 0.1) is 41.4 Å². The molecule has 109 heavy (non-hydrogen) atoms. The molecule has 3 saturated heterocycles. The van der Waals surface area contributed by atoms with Crippen molar-refractivity contribution in [2.24, 2.45) is 41.4 Å². The van der Waals surface area contributed by atoms with Gasteiger partial charge in [-0.1, -0.05) is 65.0 Å². The summed E-state index contributed by atoms with van der Waals surface area (Å²) in [5.41, 5.74) is -1.67. The first kappa shape index (κ1) is 85.9. The molecular weight excluding hydrogens is 1430 g/mol. The fourth-order valence-corrected chi connectivity index (χ4v) is 17.9. The molecule has 12 amide bonds. The van der Waals surface area contributed by atoms with E-state index in [1.807, 2.05) is 13.8 Å². The molecule has 0 aromatic rings. The van der Waals surface area contributed by atoms with Crippen LogP contribution in [0.3, 0.4) is 0 Å². The van der Waals surface area contributed by atoms with Crippen LogP contribution in [0.2, 0.25) is 0 Å². The number of carbonyl (C=O) groups excluding carboxylic acids is 12. The molecule has 612 valence electrons. The molecule has 0 aromatic carbocycles. The SMILES string of the molecule is CCO[C@@H]1C[C@H]2C(=O)NC3(CCC3)C(=O)N(C)[C@@H](C3CCCC3)C(=O)N(C)[C@H](C(=O)N3CCOCC3)CC(=O)N(C)[C@@H](CC3CC3)C(=O)N[C@@H]([C@@H](C)CC)C(=O)N(C)CC(=O)N(C)[C@H]3C/C=C\CCN(C3=O)[C@@H](CC3CCC(F)CC3C)C(=O)N(C)CC(=O)N[C@@H](CCC3CC(F)C(C(F)(F)F)C(F)C3)C(=O)N2C1. The summed E-state index contributed by atoms with van der Waals surface area (Å²) < 4.78 is 99.7. The number of nitrogens with zero attached hydrogens (tertiary/aromatic N) is 9. The molecule has 1 spiro atoms. The van der Waals surface area contributed by atoms with Crippen molar-refractivity contribution in [3.8, 4) is 0 Å². The number of hydrogen-bond acceptors (Lipinski definition) is 14. The second kappa shape index (κ2) is 37.5. The Kier molecular flexibility index (Phi) is 29.5. The van der Waals surface area contributed by atoms with Crippen LogP contribution in [-0.2, 0) is 67.0 Å². The number of alkyl halides is 6. The van der Waals surface area contributed by atoms with Gasteiger partial charge in [0.15, 0.2) is 0 Å². The Morgan fingerprint density at radius 1 is 0.651 bits per heavy atom. The van der Waals surface area contributed by atoms with E-state index in [-0.39, 0.29) is 128 Å². The highest BCUT2D eigenvalue weighted by molar-refractivity contribution is 6.01. The van der Waals surface area contributed by atoms with E-state index in [0.29, 0.717) is 44.9 Å². The number of nitrogens with one attached hydrogen (secondary N) is 3. The summed E-state index contributed by atoms with van der Waals surface area (Å²) in [6.45, 7) is 6.12. The quantitative estimate of drug-likeness (QED) is 0.156. The predicted octanol–water partition coefficient (Wildman–Crippen LogP) is 5.28. The molecule has 32 heteroatoms. The van der Waals surface area contributed by atoms with E-state index in [1.54, 1.807) is 26.0 Å². The molecule has 8 fully saturated rings. The van der Waals surface area contributed by atoms with Gasteiger partial charge in [0, 0.05) is 81.5 Å². The third-order valence-electron chi connectivity index (χ3n) is 25.3. The van der Waals surface area contributed by atoms with Crippen LogP contribution in [0.15, 0.2) is 12.2 Å². The number of likely N-dealkylation sites (N-methyl/N-ethyl adjacent to an activating group) is 6. The van der Waals surface area contributed by atoms with E-state index >= 15 is 56.3 Å². The van der Waals surface area contributed by atoms with Gasteiger partial charge in [0.2, 0.25) is 70.9 Å². The molecule has 15 atom stereocenters. The topological polar surface area (TPSA) is 289 Å². The van der Waals surface area contributed by atoms with Gasteiger partial charge in [-0.05, 0) is 145 Å². The number of halogens is 6. The van der Waals surface area contributed by atoms with E-state index in [1.165, 1.54) is 71.7 Å². The molecule has 5 unspecified atom stereocenters. The zero-order valence-corrected chi connectivity index (χ0v) is 65.3. The zero-order valence-electron chi connectivity index (χ0n) is 65.3. The van der Waals surface area contributed by atoms with Gasteiger partial charge in [-0.2, -0.15) is 13.2 Å². The van der Waals surface area contributed by atoms with Crippen molar-refractivity contribution in [2.45, 2.75) is 260 Å². The number of carbonyl (C=O) groups is 12. The number of fused-ring (bicyclic) bond motifs is 3. The number of amides is 12. The van der Waals surface area contributed by atoms with Crippen molar-refractivity contribution in [1.29, 1.82) is 0 Å². The van der Waals surface area contributed by atoms with Gasteiger partial charge in [-0.25, -0.2) is 13.2 Å². The highest BCUT2D eigenvalue weighted by atomic mass is 19.4. The molecule has 0 aromatic heterocycles. The molecule has 5 aliphatic carbocycles. The van der Waals surface area contributed by atoms with Gasteiger partial charge in [0.05, 0.1) is 38.8 Å². The molecule has 9 aliphatic rings. The molecule has 4 heterocycles. The second-order valence-electron chi connectivity index (χ2n) is 32.8. The smallest absolute Gasteiger partial charge is 0.378 e. The Bertz CT molecular complexity index is 3290. The minimum absolute atomic E-state index is 0.00103. The zero-order chi connectivity index (χ0) is 79.7. The lowest BCUT2D eigenvalue weighted by molar-refractivity contribution is -0.219. The number of hydrogen-bond donors (Lipinski definition) is 3. The van der Waals surface area contributed by atoms with Gasteiger partial charge < -0.3 is 69.5 Å². The van der Waals surface area contributed by atoms with E-state index in [9.17, 15) is 27.6 Å². The minimum atomic E-state index is -5.19. The van der Waals surface area contributed by atoms with Crippen molar-refractivity contribution < 1.29 is 93.4 Å². The van der Waals surface area contributed by atoms with E-state index in [2.05, 4.69) is 16.0 Å². The fourth-order valence-electron chi connectivity index (χ4n) is 17.9. The Labute approximate surface area is 636 Å². The standard InChI is InChI=1S/C77H118F6N12O14/c1-11-45(3)65-73(105)88(6)44-63(98)89(7)56-21-14-13-17-30-94(72(56)104)60(39-50-25-26-51(78)35-46(50)4)70(102)87(5)43-61(96)84-55(27-24-48-36-53(79)64(54(80)37-48)77(81,82)83)69(101)95-42-52(109-12-2)40-58(95)68(100)86-76(28-18-29-76)75(107)92(10)66(49-19-15-16-20-49)74(106)91(9)59(71(103)93-31-33-108-34-32-93)41-62(97)90(8)57(67(99)85-65)38-47-22-23-47/h13-14,45-60,64-66H,11-12,15-44H2,1-10H3,(H,84,96)(H,85,99)(H,86,100)/b14-13-/t45-,46?,48?,50?,51?,52+,53?,54?,55-,56-,57-,58-,59-,60-,64?,65-,66-/m0/s1. The third-order valence-corrected chi connectivity index (χ3v) is 25.3. The predicted molar refractivity (Wildman–Crippen MR) is 388 cm³/mol. The number of ether oxygens (including phenoxy) is 2. The van der Waals surface area contributed by atoms with Crippen LogP contribution in [0.4, 0.5) is 26.3 Å². The molecule has 5 saturated carbocycles. The molecule has 2 bridgehead atoms. The van der Waals surface area contributed by atoms with Crippen LogP contribution < -0.4 is 16.0 Å². The Morgan fingerprint density at radius 3 is 1.92 bits per heavy atom. The molecule has 3 N–H and O–H groups in total.